The van der Waals surface area contributed by atoms with E-state index in [1.54, 1.807) is 0 Å². The van der Waals surface area contributed by atoms with Crippen LogP contribution in [-0.2, 0) is 26.1 Å². The predicted molar refractivity (Wildman–Crippen MR) is 123 cm³/mol. The van der Waals surface area contributed by atoms with Crippen molar-refractivity contribution in [1.82, 2.24) is 24.6 Å². The number of nitrogens with one attached hydrogen (secondary N) is 1. The lowest BCUT2D eigenvalue weighted by molar-refractivity contribution is -0.147. The first-order chi connectivity index (χ1) is 16.6. The van der Waals surface area contributed by atoms with Crippen molar-refractivity contribution in [2.45, 2.75) is 12.6 Å². The van der Waals surface area contributed by atoms with Gasteiger partial charge in [-0.1, -0.05) is 29.3 Å². The molecular formula is C21H17Cl2F2N5O4S. The van der Waals surface area contributed by atoms with Gasteiger partial charge in [-0.25, -0.2) is 31.7 Å². The molecule has 4 rings (SSSR count). The van der Waals surface area contributed by atoms with Gasteiger partial charge in [0, 0.05) is 21.7 Å². The quantitative estimate of drug-likeness (QED) is 0.359. The lowest BCUT2D eigenvalue weighted by Crippen LogP contribution is -2.36. The number of aromatic nitrogens is 3. The van der Waals surface area contributed by atoms with E-state index in [1.165, 1.54) is 41.6 Å². The molecule has 1 aliphatic heterocycles. The summed E-state index contributed by atoms with van der Waals surface area (Å²) in [7, 11) is -3.67. The molecule has 9 nitrogen and oxygen atoms in total. The minimum atomic E-state index is -3.67. The Kier molecular flexibility index (Phi) is 7.36. The van der Waals surface area contributed by atoms with Crippen molar-refractivity contribution in [1.29, 1.82) is 0 Å². The maximum absolute atomic E-state index is 14.6. The summed E-state index contributed by atoms with van der Waals surface area (Å²) in [6.07, 6.45) is 2.64. The van der Waals surface area contributed by atoms with E-state index in [1.807, 2.05) is 0 Å². The van der Waals surface area contributed by atoms with Crippen LogP contribution in [0.15, 0.2) is 54.7 Å². The second-order valence-corrected chi connectivity index (χ2v) is 10.1. The van der Waals surface area contributed by atoms with E-state index < -0.39 is 33.7 Å². The highest BCUT2D eigenvalue weighted by atomic mass is 35.5. The van der Waals surface area contributed by atoms with E-state index in [9.17, 15) is 22.0 Å². The molecule has 0 radical (unpaired) electrons. The Hall–Kier alpha value is -3.06. The molecule has 1 aliphatic rings. The number of sulfonamides is 1. The largest absolute Gasteiger partial charge is 0.451 e. The van der Waals surface area contributed by atoms with E-state index in [-0.39, 0.29) is 35.1 Å². The van der Waals surface area contributed by atoms with Crippen LogP contribution in [0.3, 0.4) is 0 Å². The van der Waals surface area contributed by atoms with Crippen LogP contribution in [0.4, 0.5) is 8.78 Å². The fourth-order valence-corrected chi connectivity index (χ4v) is 4.80. The summed E-state index contributed by atoms with van der Waals surface area (Å²) in [5.41, 5.74) is 0.0393. The minimum Gasteiger partial charge on any atom is -0.451 e. The zero-order valence-corrected chi connectivity index (χ0v) is 20.1. The number of benzene rings is 2. The second-order valence-electron chi connectivity index (χ2n) is 7.43. The summed E-state index contributed by atoms with van der Waals surface area (Å²) in [6, 6.07) is 7.37. The molecule has 184 valence electrons. The van der Waals surface area contributed by atoms with Gasteiger partial charge in [0.1, 0.15) is 36.1 Å². The van der Waals surface area contributed by atoms with Crippen LogP contribution in [0, 0.1) is 11.6 Å². The van der Waals surface area contributed by atoms with E-state index in [2.05, 4.69) is 14.9 Å². The van der Waals surface area contributed by atoms with Gasteiger partial charge in [0.15, 0.2) is 0 Å². The molecule has 3 aromatic rings. The SMILES string of the molecule is O=C(OC(Cn1cncn1)c1ccc(F)cc1F)/C(=C/c1ccc(Cl)cc1Cl)N1CCS(=O)(=O)N1. The van der Waals surface area contributed by atoms with E-state index >= 15 is 0 Å². The second kappa shape index (κ2) is 10.3. The summed E-state index contributed by atoms with van der Waals surface area (Å²) in [4.78, 5) is 19.4. The lowest BCUT2D eigenvalue weighted by atomic mass is 10.1. The fourth-order valence-electron chi connectivity index (χ4n) is 3.30. The Labute approximate surface area is 208 Å². The molecule has 1 saturated heterocycles. The molecular weight excluding hydrogens is 527 g/mol. The number of nitrogens with zero attached hydrogens (tertiary/aromatic N) is 4. The van der Waals surface area contributed by atoms with Gasteiger partial charge in [-0.05, 0) is 35.9 Å². The first kappa shape index (κ1) is 25.0. The van der Waals surface area contributed by atoms with Crippen LogP contribution in [0.25, 0.3) is 6.08 Å². The summed E-state index contributed by atoms with van der Waals surface area (Å²) in [5, 5.41) is 5.59. The van der Waals surface area contributed by atoms with Gasteiger partial charge in [-0.15, -0.1) is 4.83 Å². The molecule has 1 N–H and O–H groups in total. The van der Waals surface area contributed by atoms with E-state index in [4.69, 9.17) is 27.9 Å². The normalized spacial score (nSPS) is 16.3. The highest BCUT2D eigenvalue weighted by Crippen LogP contribution is 2.28. The van der Waals surface area contributed by atoms with Crippen LogP contribution in [-0.4, -0.2) is 46.5 Å². The summed E-state index contributed by atoms with van der Waals surface area (Å²) >= 11 is 12.2. The van der Waals surface area contributed by atoms with Gasteiger partial charge in [-0.3, -0.25) is 5.01 Å². The van der Waals surface area contributed by atoms with Crippen LogP contribution in [0.5, 0.6) is 0 Å². The monoisotopic (exact) mass is 543 g/mol. The smallest absolute Gasteiger partial charge is 0.356 e. The molecule has 0 spiro atoms. The third kappa shape index (κ3) is 6.14. The maximum atomic E-state index is 14.6. The average molecular weight is 544 g/mol. The van der Waals surface area contributed by atoms with Gasteiger partial charge in [-0.2, -0.15) is 5.10 Å². The summed E-state index contributed by atoms with van der Waals surface area (Å²) in [5.74, 6) is -2.99. The molecule has 1 atom stereocenters. The number of ether oxygens (including phenoxy) is 1. The van der Waals surface area contributed by atoms with Crippen molar-refractivity contribution >= 4 is 45.3 Å². The van der Waals surface area contributed by atoms with E-state index in [0.29, 0.717) is 16.7 Å². The number of hydrogen-bond donors (Lipinski definition) is 1. The highest BCUT2D eigenvalue weighted by Gasteiger charge is 2.32. The fraction of sp³-hybridized carbons (Fsp3) is 0.190. The molecule has 1 aromatic heterocycles. The van der Waals surface area contributed by atoms with Crippen molar-refractivity contribution in [3.05, 3.63) is 87.6 Å². The molecule has 1 unspecified atom stereocenters. The molecule has 14 heteroatoms. The minimum absolute atomic E-state index is 0.0624. The molecule has 2 heterocycles. The molecule has 1 fully saturated rings. The number of hydrazine groups is 1. The Morgan fingerprint density at radius 1 is 1.23 bits per heavy atom. The summed E-state index contributed by atoms with van der Waals surface area (Å²) in [6.45, 7) is -0.206. The Morgan fingerprint density at radius 2 is 2.03 bits per heavy atom. The van der Waals surface area contributed by atoms with Crippen LogP contribution >= 0.6 is 23.2 Å². The molecule has 0 aliphatic carbocycles. The molecule has 0 bridgehead atoms. The Morgan fingerprint density at radius 3 is 2.66 bits per heavy atom. The number of carbonyl (C=O) groups is 1. The summed E-state index contributed by atoms with van der Waals surface area (Å²) < 4.78 is 59.0. The first-order valence-corrected chi connectivity index (χ1v) is 12.4. The number of esters is 1. The number of carbonyl (C=O) groups excluding carboxylic acids is 1. The maximum Gasteiger partial charge on any atom is 0.356 e. The topological polar surface area (TPSA) is 106 Å². The molecule has 0 amide bonds. The third-order valence-electron chi connectivity index (χ3n) is 4.97. The van der Waals surface area contributed by atoms with Crippen molar-refractivity contribution in [3.63, 3.8) is 0 Å². The number of rotatable bonds is 7. The third-order valence-corrected chi connectivity index (χ3v) is 6.75. The zero-order valence-electron chi connectivity index (χ0n) is 17.7. The van der Waals surface area contributed by atoms with Gasteiger partial charge < -0.3 is 4.74 Å². The van der Waals surface area contributed by atoms with Gasteiger partial charge >= 0.3 is 5.97 Å². The Bertz CT molecular complexity index is 1390. The van der Waals surface area contributed by atoms with Crippen molar-refractivity contribution in [2.24, 2.45) is 0 Å². The molecule has 2 aromatic carbocycles. The Balaban J connectivity index is 1.71. The standard InChI is InChI=1S/C21H17Cl2F2N5O4S/c22-14-2-1-13(17(23)8-14)7-19(30-5-6-35(32,33)28-30)21(31)34-20(10-29-12-26-11-27-29)16-4-3-15(24)9-18(16)25/h1-4,7-9,11-12,20,28H,5-6,10H2/b19-7-. The highest BCUT2D eigenvalue weighted by molar-refractivity contribution is 7.89. The first-order valence-electron chi connectivity index (χ1n) is 10.0. The van der Waals surface area contributed by atoms with Crippen molar-refractivity contribution in [3.8, 4) is 0 Å². The van der Waals surface area contributed by atoms with Crippen LogP contribution < -0.4 is 4.83 Å². The molecule has 35 heavy (non-hydrogen) atoms. The predicted octanol–water partition coefficient (Wildman–Crippen LogP) is 3.34. The lowest BCUT2D eigenvalue weighted by Gasteiger charge is -2.23. The van der Waals surface area contributed by atoms with Crippen LogP contribution in [0.1, 0.15) is 17.2 Å². The molecule has 0 saturated carbocycles. The van der Waals surface area contributed by atoms with Crippen LogP contribution in [0.2, 0.25) is 10.0 Å². The average Bonchev–Trinajstić information content (AvgIpc) is 3.42. The van der Waals surface area contributed by atoms with Crippen molar-refractivity contribution < 1.29 is 26.7 Å². The van der Waals surface area contributed by atoms with Gasteiger partial charge in [0.05, 0.1) is 18.8 Å². The number of hydrogen-bond acceptors (Lipinski definition) is 7. The zero-order chi connectivity index (χ0) is 25.2. The van der Waals surface area contributed by atoms with Gasteiger partial charge in [0.25, 0.3) is 0 Å². The van der Waals surface area contributed by atoms with E-state index in [0.717, 1.165) is 17.1 Å². The van der Waals surface area contributed by atoms with Gasteiger partial charge in [0.2, 0.25) is 10.0 Å². The number of halogens is 4. The van der Waals surface area contributed by atoms with Crippen molar-refractivity contribution in [2.75, 3.05) is 12.3 Å².